The number of nitrogen functional groups attached to an aromatic ring is 1. The third kappa shape index (κ3) is 5.06. The summed E-state index contributed by atoms with van der Waals surface area (Å²) < 4.78 is 12.0. The van der Waals surface area contributed by atoms with E-state index < -0.39 is 8.03 Å². The van der Waals surface area contributed by atoms with Crippen LogP contribution in [0.15, 0.2) is 78.2 Å². The molecule has 0 saturated heterocycles. The van der Waals surface area contributed by atoms with Crippen LogP contribution in [-0.2, 0) is 11.0 Å². The molecule has 7 heteroatoms. The fraction of sp³-hybridized carbons (Fsp3) is 0.179. The number of benzene rings is 3. The van der Waals surface area contributed by atoms with Crippen LogP contribution in [0.5, 0.6) is 0 Å². The molecule has 1 saturated carbocycles. The van der Waals surface area contributed by atoms with Gasteiger partial charge in [-0.15, -0.1) is 11.3 Å². The van der Waals surface area contributed by atoms with Crippen molar-refractivity contribution in [1.29, 1.82) is 0 Å². The van der Waals surface area contributed by atoms with E-state index in [-0.39, 0.29) is 5.91 Å². The first-order chi connectivity index (χ1) is 17.0. The Labute approximate surface area is 209 Å². The van der Waals surface area contributed by atoms with Crippen molar-refractivity contribution in [2.45, 2.75) is 31.6 Å². The minimum atomic E-state index is -2.42. The van der Waals surface area contributed by atoms with E-state index in [1.807, 2.05) is 47.8 Å². The molecular weight excluding hydrogens is 475 g/mol. The lowest BCUT2D eigenvalue weighted by Gasteiger charge is -2.27. The molecule has 1 aliphatic carbocycles. The Kier molecular flexibility index (Phi) is 6.78. The number of hydrogen-bond donors (Lipinski definition) is 3. The van der Waals surface area contributed by atoms with Gasteiger partial charge in [0.1, 0.15) is 0 Å². The van der Waals surface area contributed by atoms with Gasteiger partial charge < -0.3 is 11.1 Å². The molecule has 176 valence electrons. The van der Waals surface area contributed by atoms with E-state index in [1.54, 1.807) is 35.6 Å². The highest BCUT2D eigenvalue weighted by atomic mass is 32.1. The highest BCUT2D eigenvalue weighted by Crippen LogP contribution is 2.39. The van der Waals surface area contributed by atoms with Crippen molar-refractivity contribution < 1.29 is 14.3 Å². The summed E-state index contributed by atoms with van der Waals surface area (Å²) in [5.74, 6) is 0.223. The highest BCUT2D eigenvalue weighted by molar-refractivity contribution is 7.47. The van der Waals surface area contributed by atoms with E-state index in [0.29, 0.717) is 34.6 Å². The van der Waals surface area contributed by atoms with Crippen LogP contribution in [0.4, 0.5) is 11.4 Å². The molecule has 1 unspecified atom stereocenters. The summed E-state index contributed by atoms with van der Waals surface area (Å²) in [5.41, 5.74) is 11.8. The molecule has 5 rings (SSSR count). The van der Waals surface area contributed by atoms with Gasteiger partial charge in [-0.1, -0.05) is 42.8 Å². The summed E-state index contributed by atoms with van der Waals surface area (Å²) in [6, 6.07) is 22.8. The van der Waals surface area contributed by atoms with Crippen molar-refractivity contribution in [3.63, 3.8) is 0 Å². The molecule has 0 spiro atoms. The Bertz CT molecular complexity index is 1380. The number of carbonyl (C=O) groups excluding carboxylic acids is 1. The molecule has 4 N–H and O–H groups in total. The van der Waals surface area contributed by atoms with E-state index in [9.17, 15) is 14.3 Å². The summed E-state index contributed by atoms with van der Waals surface area (Å²) in [6.07, 6.45) is 3.99. The van der Waals surface area contributed by atoms with Gasteiger partial charge in [-0.25, -0.2) is 0 Å². The number of rotatable bonds is 7. The Balaban J connectivity index is 1.34. The molecule has 3 aromatic carbocycles. The maximum Gasteiger partial charge on any atom is 0.546 e. The first-order valence-electron chi connectivity index (χ1n) is 11.6. The molecule has 1 amide bonds. The zero-order valence-electron chi connectivity index (χ0n) is 19.1. The smallest absolute Gasteiger partial charge is 0.397 e. The summed E-state index contributed by atoms with van der Waals surface area (Å²) >= 11 is 1.63. The fourth-order valence-electron chi connectivity index (χ4n) is 4.50. The Morgan fingerprint density at radius 1 is 1.06 bits per heavy atom. The minimum Gasteiger partial charge on any atom is -0.397 e. The number of nitrogens with one attached hydrogen (secondary N) is 1. The predicted molar refractivity (Wildman–Crippen MR) is 144 cm³/mol. The van der Waals surface area contributed by atoms with Gasteiger partial charge >= 0.3 is 8.03 Å². The van der Waals surface area contributed by atoms with Crippen LogP contribution in [0.2, 0.25) is 0 Å². The molecule has 0 aliphatic heterocycles. The van der Waals surface area contributed by atoms with Gasteiger partial charge in [0.15, 0.2) is 0 Å². The summed E-state index contributed by atoms with van der Waals surface area (Å²) in [4.78, 5) is 23.9. The van der Waals surface area contributed by atoms with Crippen LogP contribution in [-0.4, -0.2) is 10.8 Å². The maximum absolute atomic E-state index is 12.9. The molecule has 4 aromatic rings. The van der Waals surface area contributed by atoms with Crippen molar-refractivity contribution in [3.05, 3.63) is 100 Å². The van der Waals surface area contributed by atoms with E-state index in [1.165, 1.54) is 12.0 Å². The van der Waals surface area contributed by atoms with Crippen molar-refractivity contribution >= 4 is 42.0 Å². The van der Waals surface area contributed by atoms with Gasteiger partial charge in [0.2, 0.25) is 5.30 Å². The molecule has 1 fully saturated rings. The molecule has 0 radical (unpaired) electrons. The van der Waals surface area contributed by atoms with Crippen LogP contribution >= 0.6 is 19.4 Å². The average molecular weight is 502 g/mol. The molecule has 5 nitrogen and oxygen atoms in total. The number of anilines is 2. The second-order valence-corrected chi connectivity index (χ2v) is 10.8. The molecule has 0 bridgehead atoms. The van der Waals surface area contributed by atoms with Crippen molar-refractivity contribution in [1.82, 2.24) is 0 Å². The lowest BCUT2D eigenvalue weighted by atomic mass is 9.77. The van der Waals surface area contributed by atoms with Gasteiger partial charge in [0, 0.05) is 22.4 Å². The third-order valence-electron chi connectivity index (χ3n) is 6.64. The largest absolute Gasteiger partial charge is 0.546 e. The van der Waals surface area contributed by atoms with Gasteiger partial charge in [0.05, 0.1) is 11.4 Å². The summed E-state index contributed by atoms with van der Waals surface area (Å²) in [6.45, 7) is 0. The van der Waals surface area contributed by atoms with E-state index >= 15 is 0 Å². The molecule has 1 aliphatic rings. The van der Waals surface area contributed by atoms with Crippen LogP contribution in [0.25, 0.3) is 10.4 Å². The number of carbonyl (C=O) groups is 1. The van der Waals surface area contributed by atoms with Crippen molar-refractivity contribution in [3.8, 4) is 10.4 Å². The maximum atomic E-state index is 12.9. The first-order valence-corrected chi connectivity index (χ1v) is 13.7. The SMILES string of the molecule is Nc1ccc(-c2cccs2)cc1NC(=O)c1ccc(Cc2c(C3CCC3)cccc2[P+](=O)O)cc1. The second-order valence-electron chi connectivity index (χ2n) is 8.85. The normalized spacial score (nSPS) is 13.8. The molecule has 1 aromatic heterocycles. The lowest BCUT2D eigenvalue weighted by molar-refractivity contribution is 0.102. The number of amides is 1. The summed E-state index contributed by atoms with van der Waals surface area (Å²) in [5, 5.41) is 5.45. The van der Waals surface area contributed by atoms with E-state index in [2.05, 4.69) is 11.4 Å². The number of thiophene rings is 1. The predicted octanol–water partition coefficient (Wildman–Crippen LogP) is 6.47. The van der Waals surface area contributed by atoms with Gasteiger partial charge in [-0.05, 0) is 81.8 Å². The minimum absolute atomic E-state index is 0.236. The summed E-state index contributed by atoms with van der Waals surface area (Å²) in [7, 11) is -2.42. The molecular formula is C28H26N2O3PS+. The third-order valence-corrected chi connectivity index (χ3v) is 8.39. The van der Waals surface area contributed by atoms with Crippen molar-refractivity contribution in [2.24, 2.45) is 0 Å². The first kappa shape index (κ1) is 23.4. The zero-order chi connectivity index (χ0) is 24.4. The van der Waals surface area contributed by atoms with Crippen LogP contribution in [0, 0.1) is 0 Å². The average Bonchev–Trinajstić information content (AvgIpc) is 3.36. The molecule has 1 atom stereocenters. The highest BCUT2D eigenvalue weighted by Gasteiger charge is 2.29. The number of hydrogen-bond acceptors (Lipinski definition) is 4. The monoisotopic (exact) mass is 501 g/mol. The Hall–Kier alpha value is -3.31. The standard InChI is InChI=1S/C28H25N2O3PS/c29-24-14-13-21(27-8-3-15-35-27)17-25(24)30-28(31)20-11-9-18(10-12-20)16-23-22(19-4-1-5-19)6-2-7-26(23)34(32)33/h2-3,6-15,17,19H,1,4-5,16,29H2,(H-,30,31,32,33)/p+1. The van der Waals surface area contributed by atoms with E-state index in [4.69, 9.17) is 5.73 Å². The second kappa shape index (κ2) is 10.1. The Morgan fingerprint density at radius 3 is 2.51 bits per heavy atom. The topological polar surface area (TPSA) is 92.4 Å². The van der Waals surface area contributed by atoms with Crippen LogP contribution < -0.4 is 16.4 Å². The quantitative estimate of drug-likeness (QED) is 0.200. The fourth-order valence-corrected chi connectivity index (χ4v) is 5.88. The van der Waals surface area contributed by atoms with Gasteiger partial charge in [0.25, 0.3) is 5.91 Å². The van der Waals surface area contributed by atoms with Crippen LogP contribution in [0.1, 0.15) is 52.2 Å². The zero-order valence-corrected chi connectivity index (χ0v) is 20.8. The Morgan fingerprint density at radius 2 is 1.86 bits per heavy atom. The lowest BCUT2D eigenvalue weighted by Crippen LogP contribution is -2.17. The molecule has 35 heavy (non-hydrogen) atoms. The van der Waals surface area contributed by atoms with Crippen molar-refractivity contribution in [2.75, 3.05) is 11.1 Å². The molecule has 1 heterocycles. The van der Waals surface area contributed by atoms with Crippen LogP contribution in [0.3, 0.4) is 0 Å². The van der Waals surface area contributed by atoms with Gasteiger partial charge in [-0.3, -0.25) is 4.79 Å². The van der Waals surface area contributed by atoms with Gasteiger partial charge in [-0.2, -0.15) is 4.89 Å². The van der Waals surface area contributed by atoms with E-state index in [0.717, 1.165) is 34.4 Å². The number of nitrogens with two attached hydrogens (primary N) is 1.